The number of nitrogens with two attached hydrogens (primary N) is 1. The number of aliphatic carboxylic acids is 1. The highest BCUT2D eigenvalue weighted by molar-refractivity contribution is 5.73. The monoisotopic (exact) mass is 441 g/mol. The molecule has 1 saturated heterocycles. The van der Waals surface area contributed by atoms with E-state index in [1.807, 2.05) is 13.0 Å². The number of carboxylic acid groups (broad SMARTS) is 1. The molecule has 0 aliphatic carbocycles. The molecule has 0 amide bonds. The molecule has 0 radical (unpaired) electrons. The second-order valence-electron chi connectivity index (χ2n) is 7.07. The average Bonchev–Trinajstić information content (AvgIpc) is 2.68. The van der Waals surface area contributed by atoms with Gasteiger partial charge in [0.05, 0.1) is 13.2 Å². The number of rotatable bonds is 10. The maximum Gasteiger partial charge on any atom is 0.490 e. The summed E-state index contributed by atoms with van der Waals surface area (Å²) in [5, 5.41) is 7.12. The molecular formula is C20H34F3NO6. The van der Waals surface area contributed by atoms with Gasteiger partial charge in [-0.2, -0.15) is 13.2 Å². The molecule has 1 rings (SSSR count). The Morgan fingerprint density at radius 2 is 1.80 bits per heavy atom. The Balaban J connectivity index is 0.00000103. The van der Waals surface area contributed by atoms with E-state index in [0.717, 1.165) is 6.42 Å². The van der Waals surface area contributed by atoms with Crippen LogP contribution in [0.1, 0.15) is 52.4 Å². The van der Waals surface area contributed by atoms with Gasteiger partial charge in [0.2, 0.25) is 0 Å². The summed E-state index contributed by atoms with van der Waals surface area (Å²) in [6.07, 6.45) is 5.51. The minimum atomic E-state index is -5.08. The number of carboxylic acids is 1. The fourth-order valence-corrected chi connectivity index (χ4v) is 2.92. The summed E-state index contributed by atoms with van der Waals surface area (Å²) in [6, 6.07) is 0. The topological polar surface area (TPSA) is 108 Å². The van der Waals surface area contributed by atoms with E-state index in [2.05, 4.69) is 13.0 Å². The Morgan fingerprint density at radius 1 is 1.20 bits per heavy atom. The summed E-state index contributed by atoms with van der Waals surface area (Å²) in [5.41, 5.74) is 5.36. The highest BCUT2D eigenvalue weighted by Gasteiger charge is 2.40. The lowest BCUT2D eigenvalue weighted by Crippen LogP contribution is -2.52. The number of halogens is 3. The van der Waals surface area contributed by atoms with E-state index in [0.29, 0.717) is 6.61 Å². The third-order valence-corrected chi connectivity index (χ3v) is 4.51. The van der Waals surface area contributed by atoms with E-state index in [4.69, 9.17) is 29.8 Å². The van der Waals surface area contributed by atoms with Crippen molar-refractivity contribution in [1.82, 2.24) is 0 Å². The Morgan fingerprint density at radius 3 is 2.30 bits per heavy atom. The van der Waals surface area contributed by atoms with Crippen molar-refractivity contribution in [2.75, 3.05) is 20.3 Å². The van der Waals surface area contributed by atoms with E-state index in [9.17, 15) is 18.0 Å². The molecule has 0 bridgehead atoms. The highest BCUT2D eigenvalue weighted by Crippen LogP contribution is 2.26. The molecule has 0 saturated carbocycles. The standard InChI is InChI=1S/C18H33NO4.C2HF3O2/c1-4-5-6-7-8-9-10-11-15-18(23-16(20)12-19)17(21-3)14(2)13-22-15;3-2(4,5)1(6)7/h10-11,14-15,17-18H,4-9,12-13,19H2,1-3H3;(H,6,7)/b11-10-;/t14-,15+,17+,18+;/m1./s1. The Kier molecular flexibility index (Phi) is 14.4. The molecule has 0 aromatic heterocycles. The number of ether oxygens (including phenoxy) is 3. The molecule has 7 nitrogen and oxygen atoms in total. The third-order valence-electron chi connectivity index (χ3n) is 4.51. The fourth-order valence-electron chi connectivity index (χ4n) is 2.92. The minimum absolute atomic E-state index is 0.130. The zero-order chi connectivity index (χ0) is 23.2. The molecule has 1 aliphatic heterocycles. The van der Waals surface area contributed by atoms with Crippen molar-refractivity contribution in [3.63, 3.8) is 0 Å². The van der Waals surface area contributed by atoms with Crippen molar-refractivity contribution in [1.29, 1.82) is 0 Å². The first-order valence-corrected chi connectivity index (χ1v) is 10.1. The normalized spacial score (nSPS) is 24.2. The molecule has 1 fully saturated rings. The van der Waals surface area contributed by atoms with Crippen LogP contribution >= 0.6 is 0 Å². The average molecular weight is 441 g/mol. The zero-order valence-electron chi connectivity index (χ0n) is 17.8. The van der Waals surface area contributed by atoms with Crippen LogP contribution in [0.4, 0.5) is 13.2 Å². The van der Waals surface area contributed by atoms with E-state index < -0.39 is 24.2 Å². The van der Waals surface area contributed by atoms with Crippen molar-refractivity contribution in [3.8, 4) is 0 Å². The van der Waals surface area contributed by atoms with Crippen LogP contribution in [0.5, 0.6) is 0 Å². The van der Waals surface area contributed by atoms with Crippen LogP contribution < -0.4 is 5.73 Å². The molecule has 1 aliphatic rings. The van der Waals surface area contributed by atoms with Gasteiger partial charge in [-0.25, -0.2) is 4.79 Å². The number of carbonyl (C=O) groups is 2. The number of hydrogen-bond acceptors (Lipinski definition) is 6. The lowest BCUT2D eigenvalue weighted by Gasteiger charge is -2.39. The van der Waals surface area contributed by atoms with Gasteiger partial charge in [0, 0.05) is 13.0 Å². The van der Waals surface area contributed by atoms with Gasteiger partial charge in [-0.3, -0.25) is 4.79 Å². The molecule has 176 valence electrons. The predicted molar refractivity (Wildman–Crippen MR) is 105 cm³/mol. The molecule has 4 atom stereocenters. The van der Waals surface area contributed by atoms with Crippen LogP contribution in [0.15, 0.2) is 12.2 Å². The maximum absolute atomic E-state index is 11.6. The first-order chi connectivity index (χ1) is 14.1. The number of esters is 1. The fraction of sp³-hybridized carbons (Fsp3) is 0.800. The molecule has 3 N–H and O–H groups in total. The van der Waals surface area contributed by atoms with Crippen LogP contribution in [0.2, 0.25) is 0 Å². The number of unbranched alkanes of at least 4 members (excludes halogenated alkanes) is 5. The summed E-state index contributed by atoms with van der Waals surface area (Å²) in [4.78, 5) is 20.5. The van der Waals surface area contributed by atoms with Gasteiger partial charge in [0.1, 0.15) is 12.2 Å². The van der Waals surface area contributed by atoms with Gasteiger partial charge < -0.3 is 25.1 Å². The van der Waals surface area contributed by atoms with Crippen LogP contribution in [0.3, 0.4) is 0 Å². The summed E-state index contributed by atoms with van der Waals surface area (Å²) < 4.78 is 48.6. The molecule has 0 aromatic carbocycles. The van der Waals surface area contributed by atoms with Crippen LogP contribution in [-0.2, 0) is 23.8 Å². The van der Waals surface area contributed by atoms with Crippen molar-refractivity contribution < 1.29 is 42.1 Å². The van der Waals surface area contributed by atoms with Crippen molar-refractivity contribution in [2.24, 2.45) is 11.7 Å². The molecule has 30 heavy (non-hydrogen) atoms. The number of hydrogen-bond donors (Lipinski definition) is 2. The smallest absolute Gasteiger partial charge is 0.475 e. The van der Waals surface area contributed by atoms with Gasteiger partial charge in [0.25, 0.3) is 0 Å². The third kappa shape index (κ3) is 11.5. The summed E-state index contributed by atoms with van der Waals surface area (Å²) in [7, 11) is 1.64. The molecule has 0 aromatic rings. The Labute approximate surface area is 175 Å². The van der Waals surface area contributed by atoms with Gasteiger partial charge in [0.15, 0.2) is 6.10 Å². The van der Waals surface area contributed by atoms with Gasteiger partial charge in [-0.05, 0) is 12.8 Å². The Bertz CT molecular complexity index is 527. The van der Waals surface area contributed by atoms with Crippen LogP contribution in [0.25, 0.3) is 0 Å². The molecule has 10 heteroatoms. The van der Waals surface area contributed by atoms with Crippen molar-refractivity contribution in [3.05, 3.63) is 12.2 Å². The van der Waals surface area contributed by atoms with Crippen LogP contribution in [-0.4, -0.2) is 61.8 Å². The number of allylic oxidation sites excluding steroid dienone is 1. The minimum Gasteiger partial charge on any atom is -0.475 e. The quantitative estimate of drug-likeness (QED) is 0.304. The van der Waals surface area contributed by atoms with Crippen LogP contribution in [0, 0.1) is 5.92 Å². The van der Waals surface area contributed by atoms with Gasteiger partial charge in [-0.15, -0.1) is 0 Å². The summed E-state index contributed by atoms with van der Waals surface area (Å²) in [6.45, 7) is 4.72. The van der Waals surface area contributed by atoms with E-state index in [1.165, 1.54) is 32.1 Å². The predicted octanol–water partition coefficient (Wildman–Crippen LogP) is 3.46. The van der Waals surface area contributed by atoms with Crippen molar-refractivity contribution in [2.45, 2.75) is 76.9 Å². The largest absolute Gasteiger partial charge is 0.490 e. The molecule has 0 spiro atoms. The van der Waals surface area contributed by atoms with E-state index in [-0.39, 0.29) is 24.7 Å². The lowest BCUT2D eigenvalue weighted by atomic mass is 9.93. The van der Waals surface area contributed by atoms with Gasteiger partial charge in [-0.1, -0.05) is 51.7 Å². The molecule has 1 heterocycles. The van der Waals surface area contributed by atoms with Crippen molar-refractivity contribution >= 4 is 11.9 Å². The van der Waals surface area contributed by atoms with E-state index >= 15 is 0 Å². The van der Waals surface area contributed by atoms with E-state index in [1.54, 1.807) is 7.11 Å². The SMILES string of the molecule is CCCCCCC/C=C\[C@@H]1OC[C@@H](C)[C@H](OC)[C@H]1OC(=O)CN.O=C(O)C(F)(F)F. The summed E-state index contributed by atoms with van der Waals surface area (Å²) in [5.74, 6) is -3.01. The summed E-state index contributed by atoms with van der Waals surface area (Å²) >= 11 is 0. The first-order valence-electron chi connectivity index (χ1n) is 10.1. The maximum atomic E-state index is 11.6. The highest BCUT2D eigenvalue weighted by atomic mass is 19.4. The van der Waals surface area contributed by atoms with Gasteiger partial charge >= 0.3 is 18.1 Å². The zero-order valence-corrected chi connectivity index (χ0v) is 17.8. The lowest BCUT2D eigenvalue weighted by molar-refractivity contribution is -0.192. The molecule has 0 unspecified atom stereocenters. The second kappa shape index (κ2) is 15.2. The Hall–Kier alpha value is -1.65. The number of carbonyl (C=O) groups excluding carboxylic acids is 1. The number of alkyl halides is 3. The second-order valence-corrected chi connectivity index (χ2v) is 7.07. The number of methoxy groups -OCH3 is 1. The first kappa shape index (κ1) is 28.4. The molecular weight excluding hydrogens is 407 g/mol.